The Balaban J connectivity index is 1.92. The van der Waals surface area contributed by atoms with E-state index in [9.17, 15) is 18.8 Å². The van der Waals surface area contributed by atoms with Crippen molar-refractivity contribution < 1.29 is 28.2 Å². The third-order valence-corrected chi connectivity index (χ3v) is 5.99. The molecule has 0 aliphatic carbocycles. The van der Waals surface area contributed by atoms with E-state index in [0.717, 1.165) is 12.8 Å². The number of benzene rings is 1. The number of hydrogen-bond donors (Lipinski definition) is 0. The van der Waals surface area contributed by atoms with Gasteiger partial charge in [-0.05, 0) is 70.4 Å². The Hall–Kier alpha value is -3.00. The summed E-state index contributed by atoms with van der Waals surface area (Å²) in [5, 5.41) is 0. The molecule has 1 aromatic carbocycles. The molecular weight excluding hydrogens is 427 g/mol. The first-order valence-corrected chi connectivity index (χ1v) is 11.3. The Morgan fingerprint density at radius 3 is 2.45 bits per heavy atom. The third-order valence-electron chi connectivity index (χ3n) is 5.99. The minimum atomic E-state index is -0.474. The van der Waals surface area contributed by atoms with Gasteiger partial charge in [-0.1, -0.05) is 0 Å². The van der Waals surface area contributed by atoms with Gasteiger partial charge in [0.1, 0.15) is 11.5 Å². The van der Waals surface area contributed by atoms with Gasteiger partial charge < -0.3 is 18.9 Å². The van der Waals surface area contributed by atoms with Crippen LogP contribution in [0.25, 0.3) is 0 Å². The van der Waals surface area contributed by atoms with Gasteiger partial charge in [-0.25, -0.2) is 9.18 Å². The zero-order valence-corrected chi connectivity index (χ0v) is 19.7. The summed E-state index contributed by atoms with van der Waals surface area (Å²) in [5.74, 6) is -1.55. The van der Waals surface area contributed by atoms with Crippen LogP contribution in [0.5, 0.6) is 0 Å². The van der Waals surface area contributed by atoms with Crippen molar-refractivity contribution in [2.75, 3.05) is 26.3 Å². The van der Waals surface area contributed by atoms with Gasteiger partial charge in [0.05, 0.1) is 19.3 Å². The summed E-state index contributed by atoms with van der Waals surface area (Å²) in [6.45, 7) is 8.59. The predicted octanol–water partition coefficient (Wildman–Crippen LogP) is 3.94. The van der Waals surface area contributed by atoms with Gasteiger partial charge in [0, 0.05) is 36.5 Å². The lowest BCUT2D eigenvalue weighted by Gasteiger charge is -2.25. The van der Waals surface area contributed by atoms with E-state index < -0.39 is 11.8 Å². The first-order chi connectivity index (χ1) is 15.8. The molecule has 1 amide bonds. The summed E-state index contributed by atoms with van der Waals surface area (Å²) in [5.41, 5.74) is 2.28. The average molecular weight is 459 g/mol. The predicted molar refractivity (Wildman–Crippen MR) is 121 cm³/mol. The second-order valence-corrected chi connectivity index (χ2v) is 8.15. The van der Waals surface area contributed by atoms with Crippen LogP contribution in [-0.4, -0.2) is 59.5 Å². The molecule has 7 nitrogen and oxygen atoms in total. The summed E-state index contributed by atoms with van der Waals surface area (Å²) < 4.78 is 26.0. The smallest absolute Gasteiger partial charge is 0.355 e. The molecule has 1 aliphatic heterocycles. The first kappa shape index (κ1) is 24.6. The van der Waals surface area contributed by atoms with Crippen LogP contribution in [0.3, 0.4) is 0 Å². The van der Waals surface area contributed by atoms with Crippen molar-refractivity contribution in [1.29, 1.82) is 0 Å². The van der Waals surface area contributed by atoms with E-state index in [-0.39, 0.29) is 37.5 Å². The third kappa shape index (κ3) is 5.33. The van der Waals surface area contributed by atoms with Crippen LogP contribution >= 0.6 is 0 Å². The molecule has 2 aromatic rings. The average Bonchev–Trinajstić information content (AvgIpc) is 3.38. The second kappa shape index (κ2) is 10.7. The molecule has 8 heteroatoms. The van der Waals surface area contributed by atoms with Gasteiger partial charge in [0.2, 0.25) is 0 Å². The maximum atomic E-state index is 13.5. The Morgan fingerprint density at radius 2 is 1.88 bits per heavy atom. The van der Waals surface area contributed by atoms with E-state index in [4.69, 9.17) is 9.47 Å². The van der Waals surface area contributed by atoms with Crippen LogP contribution < -0.4 is 0 Å². The molecule has 0 spiro atoms. The molecule has 33 heavy (non-hydrogen) atoms. The van der Waals surface area contributed by atoms with Gasteiger partial charge in [-0.2, -0.15) is 0 Å². The monoisotopic (exact) mass is 458 g/mol. The fourth-order valence-corrected chi connectivity index (χ4v) is 4.44. The second-order valence-electron chi connectivity index (χ2n) is 8.15. The topological polar surface area (TPSA) is 77.8 Å². The lowest BCUT2D eigenvalue weighted by Crippen LogP contribution is -2.41. The maximum absolute atomic E-state index is 13.5. The Morgan fingerprint density at radius 1 is 1.18 bits per heavy atom. The lowest BCUT2D eigenvalue weighted by molar-refractivity contribution is 0.0505. The fraction of sp³-hybridized carbons (Fsp3) is 0.480. The quantitative estimate of drug-likeness (QED) is 0.420. The molecule has 1 saturated heterocycles. The normalized spacial score (nSPS) is 15.5. The van der Waals surface area contributed by atoms with E-state index in [1.165, 1.54) is 29.2 Å². The number of esters is 1. The number of ketones is 1. The molecule has 3 rings (SSSR count). The highest BCUT2D eigenvalue weighted by Gasteiger charge is 2.30. The highest BCUT2D eigenvalue weighted by atomic mass is 19.1. The molecule has 1 fully saturated rings. The van der Waals surface area contributed by atoms with Gasteiger partial charge >= 0.3 is 5.97 Å². The molecule has 1 unspecified atom stereocenters. The van der Waals surface area contributed by atoms with Crippen LogP contribution in [0.4, 0.5) is 4.39 Å². The Labute approximate surface area is 193 Å². The SMILES string of the molecule is CCOC(=O)c1c(C)c(C(=O)CN(CC2CCCO2)C(=O)c2ccc(F)cc2)c(C)n1CC. The molecule has 0 radical (unpaired) electrons. The Kier molecular flexibility index (Phi) is 8.02. The van der Waals surface area contributed by atoms with E-state index in [1.807, 2.05) is 6.92 Å². The highest BCUT2D eigenvalue weighted by molar-refractivity contribution is 6.06. The molecule has 0 bridgehead atoms. The van der Waals surface area contributed by atoms with Crippen LogP contribution in [0.15, 0.2) is 24.3 Å². The van der Waals surface area contributed by atoms with Gasteiger partial charge in [-0.3, -0.25) is 9.59 Å². The summed E-state index contributed by atoms with van der Waals surface area (Å²) in [7, 11) is 0. The number of carbonyl (C=O) groups is 3. The standard InChI is InChI=1S/C25H31FN2O5/c1-5-28-17(4)22(16(3)23(28)25(31)32-6-2)21(29)15-27(14-20-8-7-13-33-20)24(30)18-9-11-19(26)12-10-18/h9-12,20H,5-8,13-15H2,1-4H3. The van der Waals surface area contributed by atoms with E-state index in [1.54, 1.807) is 25.3 Å². The van der Waals surface area contributed by atoms with Gasteiger partial charge in [-0.15, -0.1) is 0 Å². The van der Waals surface area contributed by atoms with Crippen molar-refractivity contribution >= 4 is 17.7 Å². The van der Waals surface area contributed by atoms with Crippen LogP contribution in [0.2, 0.25) is 0 Å². The lowest BCUT2D eigenvalue weighted by atomic mass is 10.0. The summed E-state index contributed by atoms with van der Waals surface area (Å²) in [6.07, 6.45) is 1.55. The number of nitrogens with zero attached hydrogens (tertiary/aromatic N) is 2. The maximum Gasteiger partial charge on any atom is 0.355 e. The molecule has 1 aliphatic rings. The van der Waals surface area contributed by atoms with Crippen molar-refractivity contribution in [2.45, 2.75) is 53.2 Å². The zero-order valence-electron chi connectivity index (χ0n) is 19.7. The molecule has 0 N–H and O–H groups in total. The fourth-order valence-electron chi connectivity index (χ4n) is 4.44. The summed E-state index contributed by atoms with van der Waals surface area (Å²) in [4.78, 5) is 40.7. The number of ether oxygens (including phenoxy) is 2. The van der Waals surface area contributed by atoms with Crippen molar-refractivity contribution in [3.63, 3.8) is 0 Å². The van der Waals surface area contributed by atoms with Crippen molar-refractivity contribution in [3.05, 3.63) is 58.2 Å². The largest absolute Gasteiger partial charge is 0.461 e. The first-order valence-electron chi connectivity index (χ1n) is 11.3. The minimum Gasteiger partial charge on any atom is -0.461 e. The van der Waals surface area contributed by atoms with E-state index in [2.05, 4.69) is 0 Å². The highest BCUT2D eigenvalue weighted by Crippen LogP contribution is 2.25. The molecule has 1 atom stereocenters. The van der Waals surface area contributed by atoms with Crippen LogP contribution in [0.1, 0.15) is 69.2 Å². The number of amides is 1. The summed E-state index contributed by atoms with van der Waals surface area (Å²) >= 11 is 0. The number of Topliss-reactive ketones (excluding diaryl/α,β-unsaturated/α-hetero) is 1. The zero-order chi connectivity index (χ0) is 24.1. The number of rotatable bonds is 9. The van der Waals surface area contributed by atoms with Crippen LogP contribution in [-0.2, 0) is 16.0 Å². The minimum absolute atomic E-state index is 0.153. The van der Waals surface area contributed by atoms with Crippen molar-refractivity contribution in [2.24, 2.45) is 0 Å². The molecule has 178 valence electrons. The number of carbonyl (C=O) groups excluding carboxylic acids is 3. The Bertz CT molecular complexity index is 1020. The summed E-state index contributed by atoms with van der Waals surface area (Å²) in [6, 6.07) is 5.27. The number of aromatic nitrogens is 1. The molecule has 2 heterocycles. The van der Waals surface area contributed by atoms with E-state index in [0.29, 0.717) is 41.2 Å². The van der Waals surface area contributed by atoms with Crippen molar-refractivity contribution in [3.8, 4) is 0 Å². The molecule has 0 saturated carbocycles. The van der Waals surface area contributed by atoms with Crippen molar-refractivity contribution in [1.82, 2.24) is 9.47 Å². The molecular formula is C25H31FN2O5. The van der Waals surface area contributed by atoms with Gasteiger partial charge in [0.15, 0.2) is 5.78 Å². The number of halogens is 1. The van der Waals surface area contributed by atoms with Gasteiger partial charge in [0.25, 0.3) is 5.91 Å². The number of hydrogen-bond acceptors (Lipinski definition) is 5. The van der Waals surface area contributed by atoms with E-state index >= 15 is 0 Å². The van der Waals surface area contributed by atoms with Crippen LogP contribution in [0, 0.1) is 19.7 Å². The molecule has 1 aromatic heterocycles.